The predicted molar refractivity (Wildman–Crippen MR) is 108 cm³/mol. The van der Waals surface area contributed by atoms with E-state index in [-0.39, 0.29) is 0 Å². The third kappa shape index (κ3) is 4.63. The Morgan fingerprint density at radius 1 is 0.600 bits per heavy atom. The zero-order valence-electron chi connectivity index (χ0n) is 15.1. The van der Waals surface area contributed by atoms with Crippen molar-refractivity contribution in [1.82, 2.24) is 0 Å². The molecule has 0 aliphatic carbocycles. The van der Waals surface area contributed by atoms with Crippen LogP contribution in [0.2, 0.25) is 0 Å². The second-order valence-electron chi connectivity index (χ2n) is 6.36. The SMILES string of the molecule is CCN(Cc1ccc(CN(C)c2ccccc2)cc1)c1ccccc1. The molecule has 0 bridgehead atoms. The van der Waals surface area contributed by atoms with Crippen LogP contribution in [0.1, 0.15) is 18.1 Å². The van der Waals surface area contributed by atoms with E-state index in [0.717, 1.165) is 19.6 Å². The van der Waals surface area contributed by atoms with Gasteiger partial charge in [0.1, 0.15) is 0 Å². The minimum atomic E-state index is 0.917. The molecule has 0 aliphatic rings. The average molecular weight is 330 g/mol. The molecular formula is C23H26N2. The summed E-state index contributed by atoms with van der Waals surface area (Å²) in [6, 6.07) is 30.1. The van der Waals surface area contributed by atoms with Gasteiger partial charge in [-0.1, -0.05) is 60.7 Å². The van der Waals surface area contributed by atoms with Gasteiger partial charge in [-0.15, -0.1) is 0 Å². The Balaban J connectivity index is 1.64. The molecule has 0 spiro atoms. The van der Waals surface area contributed by atoms with Crippen LogP contribution in [0.5, 0.6) is 0 Å². The predicted octanol–water partition coefficient (Wildman–Crippen LogP) is 5.35. The number of hydrogen-bond donors (Lipinski definition) is 0. The standard InChI is InChI=1S/C23H26N2/c1-3-25(23-12-8-5-9-13-23)19-21-16-14-20(15-17-21)18-24(2)22-10-6-4-7-11-22/h4-17H,3,18-19H2,1-2H3. The number of benzene rings is 3. The average Bonchev–Trinajstić information content (AvgIpc) is 2.68. The van der Waals surface area contributed by atoms with Crippen LogP contribution in [-0.4, -0.2) is 13.6 Å². The van der Waals surface area contributed by atoms with Crippen molar-refractivity contribution in [2.24, 2.45) is 0 Å². The van der Waals surface area contributed by atoms with Gasteiger partial charge in [0.25, 0.3) is 0 Å². The van der Waals surface area contributed by atoms with E-state index < -0.39 is 0 Å². The Morgan fingerprint density at radius 3 is 1.60 bits per heavy atom. The van der Waals surface area contributed by atoms with Crippen LogP contribution in [0.4, 0.5) is 11.4 Å². The normalized spacial score (nSPS) is 10.5. The molecule has 0 N–H and O–H groups in total. The Morgan fingerprint density at radius 2 is 1.08 bits per heavy atom. The van der Waals surface area contributed by atoms with E-state index in [1.165, 1.54) is 22.5 Å². The lowest BCUT2D eigenvalue weighted by Gasteiger charge is -2.23. The first-order chi connectivity index (χ1) is 12.3. The van der Waals surface area contributed by atoms with Crippen LogP contribution in [0.25, 0.3) is 0 Å². The molecule has 0 aliphatic heterocycles. The Bertz CT molecular complexity index is 751. The van der Waals surface area contributed by atoms with Gasteiger partial charge in [0.2, 0.25) is 0 Å². The Hall–Kier alpha value is -2.74. The van der Waals surface area contributed by atoms with Crippen molar-refractivity contribution in [2.75, 3.05) is 23.4 Å². The summed E-state index contributed by atoms with van der Waals surface area (Å²) < 4.78 is 0. The molecule has 0 heterocycles. The summed E-state index contributed by atoms with van der Waals surface area (Å²) in [6.45, 7) is 5.06. The van der Waals surface area contributed by atoms with Gasteiger partial charge in [0.05, 0.1) is 0 Å². The van der Waals surface area contributed by atoms with Gasteiger partial charge < -0.3 is 9.80 Å². The van der Waals surface area contributed by atoms with Gasteiger partial charge in [0.15, 0.2) is 0 Å². The molecule has 0 amide bonds. The number of para-hydroxylation sites is 2. The Labute approximate surface area is 151 Å². The Kier molecular flexibility index (Phi) is 5.73. The number of nitrogens with zero attached hydrogens (tertiary/aromatic N) is 2. The van der Waals surface area contributed by atoms with Crippen molar-refractivity contribution in [3.63, 3.8) is 0 Å². The largest absolute Gasteiger partial charge is 0.370 e. The number of hydrogen-bond acceptors (Lipinski definition) is 2. The van der Waals surface area contributed by atoms with Gasteiger partial charge in [-0.25, -0.2) is 0 Å². The highest BCUT2D eigenvalue weighted by atomic mass is 15.1. The second-order valence-corrected chi connectivity index (χ2v) is 6.36. The lowest BCUT2D eigenvalue weighted by Crippen LogP contribution is -2.22. The lowest BCUT2D eigenvalue weighted by atomic mass is 10.1. The van der Waals surface area contributed by atoms with Crippen LogP contribution >= 0.6 is 0 Å². The van der Waals surface area contributed by atoms with Crippen molar-refractivity contribution in [1.29, 1.82) is 0 Å². The highest BCUT2D eigenvalue weighted by Crippen LogP contribution is 2.18. The van der Waals surface area contributed by atoms with E-state index in [1.807, 2.05) is 0 Å². The molecule has 0 atom stereocenters. The van der Waals surface area contributed by atoms with Crippen LogP contribution in [0.3, 0.4) is 0 Å². The molecule has 3 rings (SSSR count). The van der Waals surface area contributed by atoms with E-state index in [1.54, 1.807) is 0 Å². The minimum absolute atomic E-state index is 0.917. The van der Waals surface area contributed by atoms with Gasteiger partial charge in [0, 0.05) is 38.1 Å². The second kappa shape index (κ2) is 8.39. The van der Waals surface area contributed by atoms with Crippen molar-refractivity contribution in [2.45, 2.75) is 20.0 Å². The highest BCUT2D eigenvalue weighted by Gasteiger charge is 2.06. The highest BCUT2D eigenvalue weighted by molar-refractivity contribution is 5.47. The van der Waals surface area contributed by atoms with Crippen molar-refractivity contribution < 1.29 is 0 Å². The number of anilines is 2. The molecule has 0 fully saturated rings. The summed E-state index contributed by atoms with van der Waals surface area (Å²) in [5.41, 5.74) is 5.19. The molecule has 0 aromatic heterocycles. The summed E-state index contributed by atoms with van der Waals surface area (Å²) in [6.07, 6.45) is 0. The molecule has 0 radical (unpaired) electrons. The molecule has 128 valence electrons. The molecule has 3 aromatic carbocycles. The first-order valence-corrected chi connectivity index (χ1v) is 8.90. The molecule has 2 nitrogen and oxygen atoms in total. The third-order valence-corrected chi connectivity index (χ3v) is 4.52. The van der Waals surface area contributed by atoms with Crippen LogP contribution < -0.4 is 9.80 Å². The van der Waals surface area contributed by atoms with Gasteiger partial charge in [-0.3, -0.25) is 0 Å². The zero-order chi connectivity index (χ0) is 17.5. The first-order valence-electron chi connectivity index (χ1n) is 8.90. The molecule has 2 heteroatoms. The third-order valence-electron chi connectivity index (χ3n) is 4.52. The van der Waals surface area contributed by atoms with E-state index in [0.29, 0.717) is 0 Å². The van der Waals surface area contributed by atoms with Gasteiger partial charge in [-0.05, 0) is 42.3 Å². The van der Waals surface area contributed by atoms with Crippen LogP contribution in [-0.2, 0) is 13.1 Å². The first kappa shape index (κ1) is 17.1. The van der Waals surface area contributed by atoms with Crippen LogP contribution in [0.15, 0.2) is 84.9 Å². The van der Waals surface area contributed by atoms with E-state index >= 15 is 0 Å². The van der Waals surface area contributed by atoms with Crippen molar-refractivity contribution in [3.05, 3.63) is 96.1 Å². The molecule has 3 aromatic rings. The molecule has 0 saturated carbocycles. The van der Waals surface area contributed by atoms with Crippen LogP contribution in [0, 0.1) is 0 Å². The monoisotopic (exact) mass is 330 g/mol. The number of rotatable bonds is 7. The summed E-state index contributed by atoms with van der Waals surface area (Å²) in [5, 5.41) is 0. The fourth-order valence-corrected chi connectivity index (χ4v) is 3.04. The maximum atomic E-state index is 2.39. The minimum Gasteiger partial charge on any atom is -0.370 e. The summed E-state index contributed by atoms with van der Waals surface area (Å²) in [7, 11) is 2.14. The molecule has 0 saturated heterocycles. The van der Waals surface area contributed by atoms with E-state index in [9.17, 15) is 0 Å². The maximum Gasteiger partial charge on any atom is 0.0429 e. The van der Waals surface area contributed by atoms with Crippen molar-refractivity contribution in [3.8, 4) is 0 Å². The van der Waals surface area contributed by atoms with Crippen molar-refractivity contribution >= 4 is 11.4 Å². The fourth-order valence-electron chi connectivity index (χ4n) is 3.04. The lowest BCUT2D eigenvalue weighted by molar-refractivity contribution is 0.830. The maximum absolute atomic E-state index is 2.39. The molecule has 0 unspecified atom stereocenters. The smallest absolute Gasteiger partial charge is 0.0429 e. The van der Waals surface area contributed by atoms with E-state index in [2.05, 4.69) is 109 Å². The van der Waals surface area contributed by atoms with Gasteiger partial charge >= 0.3 is 0 Å². The zero-order valence-corrected chi connectivity index (χ0v) is 15.1. The molecular weight excluding hydrogens is 304 g/mol. The van der Waals surface area contributed by atoms with E-state index in [4.69, 9.17) is 0 Å². The quantitative estimate of drug-likeness (QED) is 0.576. The molecule has 25 heavy (non-hydrogen) atoms. The summed E-state index contributed by atoms with van der Waals surface area (Å²) >= 11 is 0. The summed E-state index contributed by atoms with van der Waals surface area (Å²) in [4.78, 5) is 4.67. The topological polar surface area (TPSA) is 6.48 Å². The summed E-state index contributed by atoms with van der Waals surface area (Å²) in [5.74, 6) is 0. The van der Waals surface area contributed by atoms with Gasteiger partial charge in [-0.2, -0.15) is 0 Å². The fraction of sp³-hybridized carbons (Fsp3) is 0.217.